The molecule has 2 unspecified atom stereocenters. The Morgan fingerprint density at radius 2 is 2.40 bits per heavy atom. The Morgan fingerprint density at radius 1 is 1.50 bits per heavy atom. The van der Waals surface area contributed by atoms with E-state index in [1.807, 2.05) is 6.07 Å². The maximum Gasteiger partial charge on any atom is 0.126 e. The van der Waals surface area contributed by atoms with E-state index >= 15 is 0 Å². The van der Waals surface area contributed by atoms with E-state index in [1.165, 1.54) is 0 Å². The zero-order valence-electron chi connectivity index (χ0n) is 11.7. The van der Waals surface area contributed by atoms with Crippen LogP contribution in [0.4, 0.5) is 0 Å². The van der Waals surface area contributed by atoms with E-state index in [4.69, 9.17) is 4.42 Å². The quantitative estimate of drug-likeness (QED) is 0.920. The van der Waals surface area contributed by atoms with E-state index < -0.39 is 0 Å². The van der Waals surface area contributed by atoms with E-state index in [-0.39, 0.29) is 6.10 Å². The molecular formula is C15H20N2O2S. The standard InChI is InChI=1S/C15H20N2O2S/c1-17(7-11-3-2-4-14(11)18)8-13-10-20-15(16-13)12-5-6-19-9-12/h5-6,9-11,14,18H,2-4,7-8H2,1H3. The molecule has 0 aromatic carbocycles. The van der Waals surface area contributed by atoms with Crippen molar-refractivity contribution in [3.05, 3.63) is 29.7 Å². The third kappa shape index (κ3) is 3.11. The first-order chi connectivity index (χ1) is 9.72. The Hall–Kier alpha value is -1.17. The number of furan rings is 1. The lowest BCUT2D eigenvalue weighted by atomic mass is 10.1. The summed E-state index contributed by atoms with van der Waals surface area (Å²) in [6.45, 7) is 1.78. The average molecular weight is 292 g/mol. The minimum absolute atomic E-state index is 0.116. The summed E-state index contributed by atoms with van der Waals surface area (Å²) in [6, 6.07) is 1.93. The van der Waals surface area contributed by atoms with Crippen LogP contribution in [-0.4, -0.2) is 34.7 Å². The lowest BCUT2D eigenvalue weighted by molar-refractivity contribution is 0.107. The van der Waals surface area contributed by atoms with Crippen LogP contribution in [0.5, 0.6) is 0 Å². The van der Waals surface area contributed by atoms with Crippen LogP contribution < -0.4 is 0 Å². The van der Waals surface area contributed by atoms with Gasteiger partial charge in [-0.25, -0.2) is 4.98 Å². The maximum atomic E-state index is 9.88. The number of rotatable bonds is 5. The monoisotopic (exact) mass is 292 g/mol. The Kier molecular flexibility index (Phi) is 4.19. The molecule has 2 aromatic heterocycles. The van der Waals surface area contributed by atoms with Crippen molar-refractivity contribution in [2.45, 2.75) is 31.9 Å². The van der Waals surface area contributed by atoms with Gasteiger partial charge in [-0.1, -0.05) is 6.42 Å². The fraction of sp³-hybridized carbons (Fsp3) is 0.533. The van der Waals surface area contributed by atoms with E-state index in [1.54, 1.807) is 23.9 Å². The summed E-state index contributed by atoms with van der Waals surface area (Å²) in [5, 5.41) is 13.0. The lowest BCUT2D eigenvalue weighted by Crippen LogP contribution is -2.29. The van der Waals surface area contributed by atoms with Gasteiger partial charge in [-0.2, -0.15) is 0 Å². The molecule has 0 bridgehead atoms. The van der Waals surface area contributed by atoms with Gasteiger partial charge in [0.15, 0.2) is 0 Å². The molecule has 4 nitrogen and oxygen atoms in total. The molecule has 0 amide bonds. The van der Waals surface area contributed by atoms with Crippen molar-refractivity contribution in [3.8, 4) is 10.6 Å². The molecule has 1 fully saturated rings. The number of thiazole rings is 1. The van der Waals surface area contributed by atoms with Crippen LogP contribution in [0.2, 0.25) is 0 Å². The fourth-order valence-electron chi connectivity index (χ4n) is 2.87. The fourth-order valence-corrected chi connectivity index (χ4v) is 3.67. The summed E-state index contributed by atoms with van der Waals surface area (Å²) in [5.41, 5.74) is 2.12. The third-order valence-corrected chi connectivity index (χ3v) is 4.86. The molecule has 1 aliphatic carbocycles. The van der Waals surface area contributed by atoms with Crippen LogP contribution in [0.3, 0.4) is 0 Å². The average Bonchev–Trinajstić information content (AvgIpc) is 3.12. The van der Waals surface area contributed by atoms with Crippen molar-refractivity contribution < 1.29 is 9.52 Å². The molecule has 1 N–H and O–H groups in total. The van der Waals surface area contributed by atoms with E-state index in [0.29, 0.717) is 5.92 Å². The molecule has 20 heavy (non-hydrogen) atoms. The van der Waals surface area contributed by atoms with Crippen molar-refractivity contribution in [2.75, 3.05) is 13.6 Å². The van der Waals surface area contributed by atoms with Gasteiger partial charge in [0.2, 0.25) is 0 Å². The minimum Gasteiger partial charge on any atom is -0.472 e. The van der Waals surface area contributed by atoms with Crippen molar-refractivity contribution in [2.24, 2.45) is 5.92 Å². The highest BCUT2D eigenvalue weighted by molar-refractivity contribution is 7.13. The van der Waals surface area contributed by atoms with Gasteiger partial charge in [-0.05, 0) is 31.9 Å². The second-order valence-electron chi connectivity index (χ2n) is 5.61. The summed E-state index contributed by atoms with van der Waals surface area (Å²) in [6.07, 6.45) is 6.53. The molecule has 0 spiro atoms. The number of aliphatic hydroxyl groups is 1. The summed E-state index contributed by atoms with van der Waals surface area (Å²) < 4.78 is 5.09. The molecule has 0 radical (unpaired) electrons. The van der Waals surface area contributed by atoms with E-state index in [2.05, 4.69) is 22.3 Å². The topological polar surface area (TPSA) is 49.5 Å². The maximum absolute atomic E-state index is 9.88. The van der Waals surface area contributed by atoms with Crippen molar-refractivity contribution in [1.29, 1.82) is 0 Å². The van der Waals surface area contributed by atoms with Gasteiger partial charge < -0.3 is 14.4 Å². The van der Waals surface area contributed by atoms with Gasteiger partial charge in [-0.3, -0.25) is 0 Å². The van der Waals surface area contributed by atoms with Gasteiger partial charge in [0.1, 0.15) is 11.3 Å². The van der Waals surface area contributed by atoms with Gasteiger partial charge >= 0.3 is 0 Å². The molecule has 1 aliphatic rings. The van der Waals surface area contributed by atoms with Crippen molar-refractivity contribution in [1.82, 2.24) is 9.88 Å². The number of aromatic nitrogens is 1. The normalized spacial score (nSPS) is 22.8. The van der Waals surface area contributed by atoms with Gasteiger partial charge in [0, 0.05) is 24.0 Å². The van der Waals surface area contributed by atoms with Gasteiger partial charge in [-0.15, -0.1) is 11.3 Å². The zero-order chi connectivity index (χ0) is 13.9. The zero-order valence-corrected chi connectivity index (χ0v) is 12.5. The third-order valence-electron chi connectivity index (χ3n) is 3.92. The minimum atomic E-state index is -0.116. The van der Waals surface area contributed by atoms with Crippen LogP contribution in [0.1, 0.15) is 25.0 Å². The highest BCUT2D eigenvalue weighted by Crippen LogP contribution is 2.27. The van der Waals surface area contributed by atoms with Crippen LogP contribution in [0.15, 0.2) is 28.4 Å². The molecule has 0 saturated heterocycles. The molecule has 3 rings (SSSR count). The highest BCUT2D eigenvalue weighted by Gasteiger charge is 2.26. The predicted molar refractivity (Wildman–Crippen MR) is 79.5 cm³/mol. The highest BCUT2D eigenvalue weighted by atomic mass is 32.1. The first kappa shape index (κ1) is 13.8. The van der Waals surface area contributed by atoms with E-state index in [0.717, 1.165) is 48.6 Å². The van der Waals surface area contributed by atoms with Crippen LogP contribution in [-0.2, 0) is 6.54 Å². The summed E-state index contributed by atoms with van der Waals surface area (Å²) in [7, 11) is 2.10. The molecule has 2 heterocycles. The Morgan fingerprint density at radius 3 is 3.10 bits per heavy atom. The lowest BCUT2D eigenvalue weighted by Gasteiger charge is -2.22. The first-order valence-corrected chi connectivity index (χ1v) is 7.94. The summed E-state index contributed by atoms with van der Waals surface area (Å²) in [5.74, 6) is 0.423. The first-order valence-electron chi connectivity index (χ1n) is 7.06. The molecule has 2 aromatic rings. The molecule has 0 aliphatic heterocycles. The van der Waals surface area contributed by atoms with Gasteiger partial charge in [0.25, 0.3) is 0 Å². The second-order valence-corrected chi connectivity index (χ2v) is 6.47. The molecule has 1 saturated carbocycles. The van der Waals surface area contributed by atoms with Crippen LogP contribution >= 0.6 is 11.3 Å². The van der Waals surface area contributed by atoms with E-state index in [9.17, 15) is 5.11 Å². The summed E-state index contributed by atoms with van der Waals surface area (Å²) in [4.78, 5) is 6.90. The van der Waals surface area contributed by atoms with Gasteiger partial charge in [0.05, 0.1) is 18.1 Å². The number of hydrogen-bond donors (Lipinski definition) is 1. The molecular weight excluding hydrogens is 272 g/mol. The molecule has 5 heteroatoms. The smallest absolute Gasteiger partial charge is 0.126 e. The Labute approximate surface area is 123 Å². The Bertz CT molecular complexity index is 538. The number of hydrogen-bond acceptors (Lipinski definition) is 5. The van der Waals surface area contributed by atoms with Crippen molar-refractivity contribution >= 4 is 11.3 Å². The largest absolute Gasteiger partial charge is 0.472 e. The SMILES string of the molecule is CN(Cc1csc(-c2ccoc2)n1)CC1CCCC1O. The Balaban J connectivity index is 1.57. The number of nitrogens with zero attached hydrogens (tertiary/aromatic N) is 2. The predicted octanol–water partition coefficient (Wildman–Crippen LogP) is 3.00. The van der Waals surface area contributed by atoms with Crippen LogP contribution in [0, 0.1) is 5.92 Å². The second kappa shape index (κ2) is 6.08. The molecule has 108 valence electrons. The molecule has 2 atom stereocenters. The number of aliphatic hydroxyl groups excluding tert-OH is 1. The van der Waals surface area contributed by atoms with Crippen molar-refractivity contribution in [3.63, 3.8) is 0 Å². The summed E-state index contributed by atoms with van der Waals surface area (Å²) >= 11 is 1.65. The van der Waals surface area contributed by atoms with Crippen LogP contribution in [0.25, 0.3) is 10.6 Å².